The number of carbonyl (C=O) groups excluding carboxylic acids is 3. The lowest BCUT2D eigenvalue weighted by Crippen LogP contribution is -2.54. The second-order valence-electron chi connectivity index (χ2n) is 7.84. The maximum Gasteiger partial charge on any atom is 0.335 e. The molecule has 0 radical (unpaired) electrons. The van der Waals surface area contributed by atoms with Gasteiger partial charge < -0.3 is 4.74 Å². The van der Waals surface area contributed by atoms with Crippen LogP contribution in [0.3, 0.4) is 0 Å². The number of ether oxygens (including phenoxy) is 1. The Kier molecular flexibility index (Phi) is 7.10. The zero-order valence-corrected chi connectivity index (χ0v) is 20.6. The minimum atomic E-state index is -0.997. The fourth-order valence-electron chi connectivity index (χ4n) is 3.55. The number of benzene rings is 3. The van der Waals surface area contributed by atoms with E-state index < -0.39 is 44.6 Å². The molecule has 12 nitrogen and oxygen atoms in total. The number of nitro benzene ring substituents is 2. The lowest BCUT2D eigenvalue weighted by molar-refractivity contribution is -0.394. The van der Waals surface area contributed by atoms with E-state index in [2.05, 4.69) is 5.32 Å². The van der Waals surface area contributed by atoms with Gasteiger partial charge in [-0.15, -0.1) is 0 Å². The highest BCUT2D eigenvalue weighted by atomic mass is 35.5. The van der Waals surface area contributed by atoms with Gasteiger partial charge in [0.15, 0.2) is 0 Å². The van der Waals surface area contributed by atoms with Gasteiger partial charge >= 0.3 is 11.7 Å². The summed E-state index contributed by atoms with van der Waals surface area (Å²) in [4.78, 5) is 60.2. The first-order chi connectivity index (χ1) is 18.0. The van der Waals surface area contributed by atoms with E-state index in [1.54, 1.807) is 19.1 Å². The van der Waals surface area contributed by atoms with Crippen LogP contribution >= 0.6 is 23.2 Å². The predicted octanol–water partition coefficient (Wildman–Crippen LogP) is 5.58. The highest BCUT2D eigenvalue weighted by molar-refractivity contribution is 6.40. The smallest absolute Gasteiger partial charge is 0.335 e. The summed E-state index contributed by atoms with van der Waals surface area (Å²) in [6.45, 7) is 1.64. The maximum atomic E-state index is 13.3. The Morgan fingerprint density at radius 1 is 0.895 bits per heavy atom. The average Bonchev–Trinajstić information content (AvgIpc) is 2.85. The number of hydrogen-bond donors (Lipinski definition) is 1. The van der Waals surface area contributed by atoms with Crippen molar-refractivity contribution < 1.29 is 29.0 Å². The fourth-order valence-corrected chi connectivity index (χ4v) is 3.89. The Bertz CT molecular complexity index is 1590. The molecule has 0 aromatic heterocycles. The monoisotopic (exact) mass is 556 g/mol. The minimum absolute atomic E-state index is 0.0563. The Labute approximate surface area is 223 Å². The molecule has 4 rings (SSSR count). The van der Waals surface area contributed by atoms with E-state index in [-0.39, 0.29) is 32.8 Å². The van der Waals surface area contributed by atoms with E-state index in [1.165, 1.54) is 24.3 Å². The van der Waals surface area contributed by atoms with E-state index in [9.17, 15) is 34.6 Å². The number of imide groups is 2. The zero-order chi connectivity index (χ0) is 27.7. The SMILES string of the molecule is Cc1ccc(Cl)cc1N1C(=O)NC(=O)/C(=C\c2cc(Cl)ccc2Oc2ccc([N+](=O)[O-])cc2[N+](=O)[O-])C1=O. The number of non-ortho nitro benzene ring substituents is 1. The Morgan fingerprint density at radius 3 is 2.24 bits per heavy atom. The summed E-state index contributed by atoms with van der Waals surface area (Å²) in [6, 6.07) is 10.4. The normalized spacial score (nSPS) is 14.4. The summed E-state index contributed by atoms with van der Waals surface area (Å²) in [7, 11) is 0. The van der Waals surface area contributed by atoms with Crippen molar-refractivity contribution in [2.24, 2.45) is 0 Å². The molecule has 0 atom stereocenters. The van der Waals surface area contributed by atoms with Gasteiger partial charge in [-0.05, 0) is 55.0 Å². The van der Waals surface area contributed by atoms with Gasteiger partial charge in [0.25, 0.3) is 17.5 Å². The van der Waals surface area contributed by atoms with Crippen LogP contribution in [0.5, 0.6) is 11.5 Å². The second kappa shape index (κ2) is 10.3. The molecule has 0 spiro atoms. The number of barbiturate groups is 1. The summed E-state index contributed by atoms with van der Waals surface area (Å²) in [6.07, 6.45) is 1.11. The van der Waals surface area contributed by atoms with Crippen molar-refractivity contribution in [2.75, 3.05) is 4.90 Å². The zero-order valence-electron chi connectivity index (χ0n) is 19.1. The number of rotatable bonds is 6. The molecule has 0 unspecified atom stereocenters. The van der Waals surface area contributed by atoms with Crippen LogP contribution in [0.1, 0.15) is 11.1 Å². The third-order valence-corrected chi connectivity index (χ3v) is 5.83. The van der Waals surface area contributed by atoms with Gasteiger partial charge in [0, 0.05) is 21.7 Å². The molecule has 3 aromatic rings. The van der Waals surface area contributed by atoms with Gasteiger partial charge in [-0.1, -0.05) is 29.3 Å². The fraction of sp³-hybridized carbons (Fsp3) is 0.0417. The largest absolute Gasteiger partial charge is 0.449 e. The number of aryl methyl sites for hydroxylation is 1. The average molecular weight is 557 g/mol. The molecule has 1 fully saturated rings. The first-order valence-electron chi connectivity index (χ1n) is 10.5. The van der Waals surface area contributed by atoms with Crippen LogP contribution in [0.15, 0.2) is 60.2 Å². The van der Waals surface area contributed by atoms with E-state index in [4.69, 9.17) is 27.9 Å². The van der Waals surface area contributed by atoms with Gasteiger partial charge in [0.1, 0.15) is 11.3 Å². The van der Waals surface area contributed by atoms with Crippen LogP contribution in [0.2, 0.25) is 10.0 Å². The number of nitrogens with zero attached hydrogens (tertiary/aromatic N) is 3. The third-order valence-electron chi connectivity index (χ3n) is 5.36. The minimum Gasteiger partial charge on any atom is -0.449 e. The first kappa shape index (κ1) is 26.3. The maximum absolute atomic E-state index is 13.3. The molecule has 1 aliphatic rings. The van der Waals surface area contributed by atoms with Crippen molar-refractivity contribution in [1.29, 1.82) is 0 Å². The lowest BCUT2D eigenvalue weighted by Gasteiger charge is -2.27. The van der Waals surface area contributed by atoms with Crippen molar-refractivity contribution in [1.82, 2.24) is 5.32 Å². The first-order valence-corrected chi connectivity index (χ1v) is 11.3. The molecule has 0 saturated carbocycles. The second-order valence-corrected chi connectivity index (χ2v) is 8.71. The van der Waals surface area contributed by atoms with Crippen molar-refractivity contribution in [3.63, 3.8) is 0 Å². The summed E-state index contributed by atoms with van der Waals surface area (Å²) >= 11 is 12.1. The quantitative estimate of drug-likeness (QED) is 0.178. The van der Waals surface area contributed by atoms with Gasteiger partial charge in [0.05, 0.1) is 21.6 Å². The van der Waals surface area contributed by atoms with Crippen LogP contribution in [-0.2, 0) is 9.59 Å². The van der Waals surface area contributed by atoms with Gasteiger partial charge in [0.2, 0.25) is 5.75 Å². The van der Waals surface area contributed by atoms with Crippen molar-refractivity contribution in [3.8, 4) is 11.5 Å². The summed E-state index contributed by atoms with van der Waals surface area (Å²) in [5.41, 5.74) is -0.929. The van der Waals surface area contributed by atoms with Gasteiger partial charge in [-0.3, -0.25) is 35.1 Å². The van der Waals surface area contributed by atoms with Crippen molar-refractivity contribution >= 4 is 64.2 Å². The van der Waals surface area contributed by atoms with Crippen LogP contribution < -0.4 is 15.0 Å². The molecule has 14 heteroatoms. The van der Waals surface area contributed by atoms with Crippen molar-refractivity contribution in [2.45, 2.75) is 6.92 Å². The third kappa shape index (κ3) is 5.16. The highest BCUT2D eigenvalue weighted by Gasteiger charge is 2.37. The van der Waals surface area contributed by atoms with E-state index in [1.807, 2.05) is 0 Å². The van der Waals surface area contributed by atoms with E-state index >= 15 is 0 Å². The van der Waals surface area contributed by atoms with Crippen LogP contribution in [0, 0.1) is 27.2 Å². The van der Waals surface area contributed by atoms with Crippen LogP contribution in [0.25, 0.3) is 6.08 Å². The number of amides is 4. The molecular weight excluding hydrogens is 543 g/mol. The Morgan fingerprint density at radius 2 is 1.55 bits per heavy atom. The van der Waals surface area contributed by atoms with E-state index in [0.717, 1.165) is 29.2 Å². The number of carbonyl (C=O) groups is 3. The molecule has 0 aliphatic carbocycles. The summed E-state index contributed by atoms with van der Waals surface area (Å²) in [5, 5.41) is 25.0. The van der Waals surface area contributed by atoms with Crippen LogP contribution in [-0.4, -0.2) is 27.7 Å². The van der Waals surface area contributed by atoms with Gasteiger partial charge in [-0.25, -0.2) is 9.69 Å². The molecule has 1 N–H and O–H groups in total. The molecule has 38 heavy (non-hydrogen) atoms. The summed E-state index contributed by atoms with van der Waals surface area (Å²) in [5.74, 6) is -2.37. The Balaban J connectivity index is 1.79. The number of nitrogens with one attached hydrogen (secondary N) is 1. The lowest BCUT2D eigenvalue weighted by atomic mass is 10.0. The molecule has 192 valence electrons. The molecule has 1 aliphatic heterocycles. The molecule has 4 amide bonds. The number of urea groups is 1. The number of halogens is 2. The standard InChI is InChI=1S/C24H14Cl2N4O8/c1-12-2-3-15(26)10-18(12)28-23(32)17(22(31)27-24(28)33)9-13-8-14(25)4-6-20(13)38-21-7-5-16(29(34)35)11-19(21)30(36)37/h2-11H,1H3,(H,27,31,33)/b17-9+. The molecule has 3 aromatic carbocycles. The van der Waals surface area contributed by atoms with Crippen LogP contribution in [0.4, 0.5) is 21.9 Å². The predicted molar refractivity (Wildman–Crippen MR) is 136 cm³/mol. The summed E-state index contributed by atoms with van der Waals surface area (Å²) < 4.78 is 5.66. The molecule has 1 heterocycles. The molecular formula is C24H14Cl2N4O8. The molecule has 0 bridgehead atoms. The Hall–Kier alpha value is -4.81. The number of nitro groups is 2. The van der Waals surface area contributed by atoms with E-state index in [0.29, 0.717) is 5.56 Å². The number of anilines is 1. The van der Waals surface area contributed by atoms with Crippen molar-refractivity contribution in [3.05, 3.63) is 102 Å². The molecule has 1 saturated heterocycles. The topological polar surface area (TPSA) is 162 Å². The highest BCUT2D eigenvalue weighted by Crippen LogP contribution is 2.37. The van der Waals surface area contributed by atoms with Gasteiger partial charge in [-0.2, -0.15) is 0 Å². The number of hydrogen-bond acceptors (Lipinski definition) is 8.